The van der Waals surface area contributed by atoms with Crippen molar-refractivity contribution in [2.45, 2.75) is 13.5 Å². The van der Waals surface area contributed by atoms with E-state index in [0.717, 1.165) is 17.2 Å². The lowest BCUT2D eigenvalue weighted by Gasteiger charge is -2.07. The molecule has 0 amide bonds. The van der Waals surface area contributed by atoms with Crippen LogP contribution in [-0.4, -0.2) is 4.92 Å². The van der Waals surface area contributed by atoms with Crippen LogP contribution in [-0.2, 0) is 6.54 Å². The number of rotatable bonds is 4. The molecule has 0 saturated heterocycles. The minimum absolute atomic E-state index is 0.186. The molecule has 0 radical (unpaired) electrons. The van der Waals surface area contributed by atoms with Crippen molar-refractivity contribution in [1.82, 2.24) is 0 Å². The van der Waals surface area contributed by atoms with Gasteiger partial charge >= 0.3 is 5.69 Å². The highest BCUT2D eigenvalue weighted by Crippen LogP contribution is 2.27. The average Bonchev–Trinajstić information content (AvgIpc) is 2.37. The standard InChI is InChI=1S/C14H13FN2O2/c1-10-5-7-11(8-6-10)9-16-13-4-2-3-12(15)14(13)17(18)19/h2-8,16H,9H2,1H3. The first-order valence-electron chi connectivity index (χ1n) is 5.80. The molecule has 98 valence electrons. The summed E-state index contributed by atoms with van der Waals surface area (Å²) in [6.45, 7) is 2.39. The second-order valence-electron chi connectivity index (χ2n) is 4.23. The fourth-order valence-electron chi connectivity index (χ4n) is 1.75. The van der Waals surface area contributed by atoms with Gasteiger partial charge in [0.2, 0.25) is 5.82 Å². The average molecular weight is 260 g/mol. The number of hydrogen-bond acceptors (Lipinski definition) is 3. The van der Waals surface area contributed by atoms with Crippen molar-refractivity contribution in [1.29, 1.82) is 0 Å². The number of halogens is 1. The van der Waals surface area contributed by atoms with E-state index in [1.807, 2.05) is 31.2 Å². The number of benzene rings is 2. The first kappa shape index (κ1) is 13.0. The Hall–Kier alpha value is -2.43. The Labute approximate surface area is 110 Å². The molecule has 4 nitrogen and oxygen atoms in total. The van der Waals surface area contributed by atoms with Crippen LogP contribution < -0.4 is 5.32 Å². The van der Waals surface area contributed by atoms with Crippen LogP contribution >= 0.6 is 0 Å². The van der Waals surface area contributed by atoms with Gasteiger partial charge in [0.05, 0.1) is 4.92 Å². The van der Waals surface area contributed by atoms with E-state index in [-0.39, 0.29) is 5.69 Å². The number of nitrogens with zero attached hydrogens (tertiary/aromatic N) is 1. The summed E-state index contributed by atoms with van der Waals surface area (Å²) in [4.78, 5) is 10.1. The Bertz CT molecular complexity index is 597. The van der Waals surface area contributed by atoms with E-state index in [4.69, 9.17) is 0 Å². The van der Waals surface area contributed by atoms with Crippen LogP contribution in [0.3, 0.4) is 0 Å². The monoisotopic (exact) mass is 260 g/mol. The number of hydrogen-bond donors (Lipinski definition) is 1. The van der Waals surface area contributed by atoms with Crippen LogP contribution in [0.5, 0.6) is 0 Å². The number of nitro groups is 1. The van der Waals surface area contributed by atoms with Gasteiger partial charge < -0.3 is 5.32 Å². The van der Waals surface area contributed by atoms with E-state index >= 15 is 0 Å². The first-order chi connectivity index (χ1) is 9.08. The van der Waals surface area contributed by atoms with Crippen molar-refractivity contribution < 1.29 is 9.31 Å². The highest BCUT2D eigenvalue weighted by Gasteiger charge is 2.19. The molecule has 0 aliphatic carbocycles. The molecule has 2 rings (SSSR count). The van der Waals surface area contributed by atoms with Crippen LogP contribution in [0.1, 0.15) is 11.1 Å². The van der Waals surface area contributed by atoms with E-state index in [2.05, 4.69) is 5.32 Å². The molecule has 0 heterocycles. The summed E-state index contributed by atoms with van der Waals surface area (Å²) in [5, 5.41) is 13.7. The molecule has 0 aromatic heterocycles. The van der Waals surface area contributed by atoms with Gasteiger partial charge in [0, 0.05) is 6.54 Å². The van der Waals surface area contributed by atoms with Crippen LogP contribution in [0.2, 0.25) is 0 Å². The predicted octanol–water partition coefficient (Wildman–Crippen LogP) is 3.65. The molecule has 2 aromatic rings. The Morgan fingerprint density at radius 3 is 2.53 bits per heavy atom. The highest BCUT2D eigenvalue weighted by molar-refractivity contribution is 5.62. The summed E-state index contributed by atoms with van der Waals surface area (Å²) in [7, 11) is 0. The summed E-state index contributed by atoms with van der Waals surface area (Å²) >= 11 is 0. The maximum Gasteiger partial charge on any atom is 0.327 e. The molecule has 0 bridgehead atoms. The van der Waals surface area contributed by atoms with E-state index in [1.165, 1.54) is 12.1 Å². The molecule has 0 spiro atoms. The quantitative estimate of drug-likeness (QED) is 0.674. The molecule has 19 heavy (non-hydrogen) atoms. The van der Waals surface area contributed by atoms with Crippen LogP contribution in [0.4, 0.5) is 15.8 Å². The van der Waals surface area contributed by atoms with E-state index in [0.29, 0.717) is 6.54 Å². The van der Waals surface area contributed by atoms with E-state index in [1.54, 1.807) is 0 Å². The van der Waals surface area contributed by atoms with Gasteiger partial charge in [-0.3, -0.25) is 10.1 Å². The van der Waals surface area contributed by atoms with Crippen LogP contribution in [0.25, 0.3) is 0 Å². The first-order valence-corrected chi connectivity index (χ1v) is 5.80. The summed E-state index contributed by atoms with van der Waals surface area (Å²) in [6.07, 6.45) is 0. The smallest absolute Gasteiger partial charge is 0.327 e. The van der Waals surface area contributed by atoms with Gasteiger partial charge in [-0.05, 0) is 24.6 Å². The molecule has 0 fully saturated rings. The largest absolute Gasteiger partial charge is 0.375 e. The molecule has 5 heteroatoms. The normalized spacial score (nSPS) is 10.2. The maximum atomic E-state index is 13.4. The van der Waals surface area contributed by atoms with Crippen molar-refractivity contribution in [3.8, 4) is 0 Å². The minimum atomic E-state index is -0.834. The van der Waals surface area contributed by atoms with Gasteiger partial charge in [0.15, 0.2) is 0 Å². The SMILES string of the molecule is Cc1ccc(CNc2cccc(F)c2[N+](=O)[O-])cc1. The van der Waals surface area contributed by atoms with Crippen molar-refractivity contribution in [2.75, 3.05) is 5.32 Å². The van der Waals surface area contributed by atoms with Gasteiger partial charge in [0.25, 0.3) is 0 Å². The molecule has 0 aliphatic heterocycles. The Kier molecular flexibility index (Phi) is 3.75. The number of nitrogens with one attached hydrogen (secondary N) is 1. The molecule has 0 aliphatic rings. The summed E-state index contributed by atoms with van der Waals surface area (Å²) in [5.41, 5.74) is 1.78. The van der Waals surface area contributed by atoms with Crippen molar-refractivity contribution in [3.05, 3.63) is 69.5 Å². The molecule has 2 aromatic carbocycles. The number of nitro benzene ring substituents is 1. The molecule has 1 N–H and O–H groups in total. The van der Waals surface area contributed by atoms with Gasteiger partial charge in [-0.1, -0.05) is 35.9 Å². The van der Waals surface area contributed by atoms with Gasteiger partial charge in [-0.25, -0.2) is 0 Å². The van der Waals surface area contributed by atoms with E-state index in [9.17, 15) is 14.5 Å². The van der Waals surface area contributed by atoms with Gasteiger partial charge in [-0.15, -0.1) is 0 Å². The highest BCUT2D eigenvalue weighted by atomic mass is 19.1. The second kappa shape index (κ2) is 5.48. The van der Waals surface area contributed by atoms with Gasteiger partial charge in [-0.2, -0.15) is 4.39 Å². The maximum absolute atomic E-state index is 13.4. The summed E-state index contributed by atoms with van der Waals surface area (Å²) < 4.78 is 13.4. The van der Waals surface area contributed by atoms with E-state index < -0.39 is 16.4 Å². The summed E-state index contributed by atoms with van der Waals surface area (Å²) in [6, 6.07) is 11.8. The Balaban J connectivity index is 2.18. The fraction of sp³-hybridized carbons (Fsp3) is 0.143. The fourth-order valence-corrected chi connectivity index (χ4v) is 1.75. The number of aryl methyl sites for hydroxylation is 1. The topological polar surface area (TPSA) is 55.2 Å². The molecule has 0 unspecified atom stereocenters. The predicted molar refractivity (Wildman–Crippen MR) is 71.6 cm³/mol. The number of para-hydroxylation sites is 1. The minimum Gasteiger partial charge on any atom is -0.375 e. The Morgan fingerprint density at radius 2 is 1.89 bits per heavy atom. The third kappa shape index (κ3) is 3.07. The van der Waals surface area contributed by atoms with Crippen LogP contribution in [0, 0.1) is 22.9 Å². The third-order valence-electron chi connectivity index (χ3n) is 2.77. The van der Waals surface area contributed by atoms with Crippen molar-refractivity contribution in [2.24, 2.45) is 0 Å². The molecule has 0 saturated carbocycles. The zero-order valence-corrected chi connectivity index (χ0v) is 10.4. The zero-order valence-electron chi connectivity index (χ0n) is 10.4. The second-order valence-corrected chi connectivity index (χ2v) is 4.23. The van der Waals surface area contributed by atoms with Crippen molar-refractivity contribution >= 4 is 11.4 Å². The van der Waals surface area contributed by atoms with Crippen LogP contribution in [0.15, 0.2) is 42.5 Å². The van der Waals surface area contributed by atoms with Crippen molar-refractivity contribution in [3.63, 3.8) is 0 Å². The molecular formula is C14H13FN2O2. The molecular weight excluding hydrogens is 247 g/mol. The Morgan fingerprint density at radius 1 is 1.21 bits per heavy atom. The van der Waals surface area contributed by atoms with Gasteiger partial charge in [0.1, 0.15) is 5.69 Å². The third-order valence-corrected chi connectivity index (χ3v) is 2.77. The molecule has 0 atom stereocenters. The lowest BCUT2D eigenvalue weighted by atomic mass is 10.1. The zero-order chi connectivity index (χ0) is 13.8. The lowest BCUT2D eigenvalue weighted by molar-refractivity contribution is -0.386. The lowest BCUT2D eigenvalue weighted by Crippen LogP contribution is -2.04. The summed E-state index contributed by atoms with van der Waals surface area (Å²) in [5.74, 6) is -0.834. The number of anilines is 1.